The molecule has 130 valence electrons. The van der Waals surface area contributed by atoms with E-state index in [9.17, 15) is 13.2 Å². The third-order valence-corrected chi connectivity index (χ3v) is 7.70. The van der Waals surface area contributed by atoms with Crippen molar-refractivity contribution in [1.82, 2.24) is 9.62 Å². The van der Waals surface area contributed by atoms with Gasteiger partial charge in [0.1, 0.15) is 0 Å². The predicted octanol–water partition coefficient (Wildman–Crippen LogP) is 0.987. The summed E-state index contributed by atoms with van der Waals surface area (Å²) in [5.74, 6) is 2.50. The molecule has 0 aromatic rings. The number of carbonyl (C=O) groups excluding carboxylic acids is 1. The van der Waals surface area contributed by atoms with Gasteiger partial charge in [0.25, 0.3) is 10.2 Å². The van der Waals surface area contributed by atoms with E-state index < -0.39 is 10.2 Å². The van der Waals surface area contributed by atoms with Crippen LogP contribution in [-0.4, -0.2) is 37.3 Å². The lowest BCUT2D eigenvalue weighted by atomic mass is 9.53. The van der Waals surface area contributed by atoms with Crippen molar-refractivity contribution < 1.29 is 13.2 Å². The molecule has 1 heterocycles. The molecule has 3 N–H and O–H groups in total. The Morgan fingerprint density at radius 2 is 1.48 bits per heavy atom. The highest BCUT2D eigenvalue weighted by Crippen LogP contribution is 2.55. The molecule has 5 rings (SSSR count). The van der Waals surface area contributed by atoms with Crippen LogP contribution in [0.3, 0.4) is 0 Å². The summed E-state index contributed by atoms with van der Waals surface area (Å²) in [4.78, 5) is 12.7. The van der Waals surface area contributed by atoms with Crippen molar-refractivity contribution >= 4 is 16.1 Å². The molecule has 0 aromatic carbocycles. The molecule has 23 heavy (non-hydrogen) atoms. The Labute approximate surface area is 138 Å². The van der Waals surface area contributed by atoms with E-state index in [0.717, 1.165) is 37.0 Å². The molecule has 1 saturated heterocycles. The number of nitrogens with one attached hydrogen (secondary N) is 1. The summed E-state index contributed by atoms with van der Waals surface area (Å²) in [7, 11) is -3.62. The van der Waals surface area contributed by atoms with E-state index in [4.69, 9.17) is 5.14 Å². The van der Waals surface area contributed by atoms with Crippen LogP contribution in [0.1, 0.15) is 51.4 Å². The van der Waals surface area contributed by atoms with Gasteiger partial charge in [0.2, 0.25) is 5.91 Å². The topological polar surface area (TPSA) is 92.5 Å². The van der Waals surface area contributed by atoms with Crippen molar-refractivity contribution in [3.8, 4) is 0 Å². The third kappa shape index (κ3) is 3.03. The number of rotatable bonds is 3. The van der Waals surface area contributed by atoms with Gasteiger partial charge in [-0.2, -0.15) is 12.7 Å². The summed E-state index contributed by atoms with van der Waals surface area (Å²) >= 11 is 0. The highest BCUT2D eigenvalue weighted by atomic mass is 32.2. The Kier molecular flexibility index (Phi) is 3.74. The zero-order chi connectivity index (χ0) is 16.2. The van der Waals surface area contributed by atoms with Crippen LogP contribution in [0, 0.1) is 23.7 Å². The second-order valence-corrected chi connectivity index (χ2v) is 9.95. The lowest BCUT2D eigenvalue weighted by molar-refractivity contribution is -0.132. The highest BCUT2D eigenvalue weighted by Gasteiger charge is 2.51. The van der Waals surface area contributed by atoms with E-state index in [2.05, 4.69) is 5.32 Å². The monoisotopic (exact) mass is 341 g/mol. The number of carbonyl (C=O) groups is 1. The SMILES string of the molecule is NS(=O)(=O)N1CCC(C(=O)NC23CC4CC(CC(C4)C2)C3)CC1. The van der Waals surface area contributed by atoms with E-state index in [0.29, 0.717) is 25.9 Å². The number of piperidine rings is 1. The van der Waals surface area contributed by atoms with Crippen LogP contribution in [0.15, 0.2) is 0 Å². The summed E-state index contributed by atoms with van der Waals surface area (Å²) in [6.07, 6.45) is 8.71. The smallest absolute Gasteiger partial charge is 0.276 e. The molecule has 0 spiro atoms. The fourth-order valence-corrected chi connectivity index (χ4v) is 6.72. The Bertz CT molecular complexity index is 560. The van der Waals surface area contributed by atoms with Gasteiger partial charge >= 0.3 is 0 Å². The molecule has 0 radical (unpaired) electrons. The summed E-state index contributed by atoms with van der Waals surface area (Å²) in [6.45, 7) is 0.718. The van der Waals surface area contributed by atoms with E-state index in [1.165, 1.54) is 23.6 Å². The zero-order valence-corrected chi connectivity index (χ0v) is 14.4. The van der Waals surface area contributed by atoms with Crippen LogP contribution in [-0.2, 0) is 15.0 Å². The fourth-order valence-electron chi connectivity index (χ4n) is 6.00. The van der Waals surface area contributed by atoms with Gasteiger partial charge in [-0.3, -0.25) is 4.79 Å². The molecular weight excluding hydrogens is 314 g/mol. The zero-order valence-electron chi connectivity index (χ0n) is 13.5. The summed E-state index contributed by atoms with van der Waals surface area (Å²) in [5, 5.41) is 8.57. The summed E-state index contributed by atoms with van der Waals surface area (Å²) in [6, 6.07) is 0. The first kappa shape index (κ1) is 15.8. The molecule has 6 nitrogen and oxygen atoms in total. The predicted molar refractivity (Wildman–Crippen MR) is 86.4 cm³/mol. The minimum atomic E-state index is -3.62. The standard InChI is InChI=1S/C16H27N3O3S/c17-23(21,22)19-3-1-14(2-4-19)15(20)18-16-8-11-5-12(9-16)7-13(6-11)10-16/h11-14H,1-10H2,(H,18,20)(H2,17,21,22). The van der Waals surface area contributed by atoms with Crippen molar-refractivity contribution in [1.29, 1.82) is 0 Å². The first-order valence-electron chi connectivity index (χ1n) is 8.93. The van der Waals surface area contributed by atoms with Crippen LogP contribution in [0.2, 0.25) is 0 Å². The van der Waals surface area contributed by atoms with Gasteiger partial charge in [-0.05, 0) is 69.1 Å². The van der Waals surface area contributed by atoms with Crippen molar-refractivity contribution in [3.05, 3.63) is 0 Å². The minimum Gasteiger partial charge on any atom is -0.350 e. The number of amides is 1. The van der Waals surface area contributed by atoms with E-state index >= 15 is 0 Å². The molecule has 5 aliphatic rings. The fraction of sp³-hybridized carbons (Fsp3) is 0.938. The number of nitrogens with zero attached hydrogens (tertiary/aromatic N) is 1. The van der Waals surface area contributed by atoms with Crippen LogP contribution in [0.4, 0.5) is 0 Å². The molecule has 0 aromatic heterocycles. The summed E-state index contributed by atoms with van der Waals surface area (Å²) in [5.41, 5.74) is 0.0446. The van der Waals surface area contributed by atoms with Crippen molar-refractivity contribution in [2.24, 2.45) is 28.8 Å². The molecule has 4 bridgehead atoms. The van der Waals surface area contributed by atoms with E-state index in [-0.39, 0.29) is 17.4 Å². The molecule has 5 fully saturated rings. The Morgan fingerprint density at radius 3 is 1.91 bits per heavy atom. The van der Waals surface area contributed by atoms with Crippen LogP contribution < -0.4 is 10.5 Å². The quantitative estimate of drug-likeness (QED) is 0.801. The minimum absolute atomic E-state index is 0.0446. The molecule has 1 aliphatic heterocycles. The maximum atomic E-state index is 12.7. The van der Waals surface area contributed by atoms with Crippen LogP contribution in [0.25, 0.3) is 0 Å². The van der Waals surface area contributed by atoms with Gasteiger partial charge in [0.15, 0.2) is 0 Å². The average Bonchev–Trinajstić information content (AvgIpc) is 2.44. The van der Waals surface area contributed by atoms with Gasteiger partial charge in [-0.15, -0.1) is 0 Å². The van der Waals surface area contributed by atoms with Crippen molar-refractivity contribution in [2.75, 3.05) is 13.1 Å². The molecule has 4 saturated carbocycles. The Morgan fingerprint density at radius 1 is 1.00 bits per heavy atom. The van der Waals surface area contributed by atoms with Crippen LogP contribution >= 0.6 is 0 Å². The number of hydrogen-bond acceptors (Lipinski definition) is 3. The first-order valence-corrected chi connectivity index (χ1v) is 10.4. The number of nitrogens with two attached hydrogens (primary N) is 1. The van der Waals surface area contributed by atoms with E-state index in [1.54, 1.807) is 0 Å². The molecule has 0 atom stereocenters. The lowest BCUT2D eigenvalue weighted by Crippen LogP contribution is -2.61. The second-order valence-electron chi connectivity index (χ2n) is 8.41. The van der Waals surface area contributed by atoms with Gasteiger partial charge < -0.3 is 5.32 Å². The van der Waals surface area contributed by atoms with E-state index in [1.807, 2.05) is 0 Å². The molecule has 4 aliphatic carbocycles. The third-order valence-electron chi connectivity index (χ3n) is 6.61. The lowest BCUT2D eigenvalue weighted by Gasteiger charge is -2.57. The molecule has 7 heteroatoms. The average molecular weight is 341 g/mol. The highest BCUT2D eigenvalue weighted by molar-refractivity contribution is 7.86. The normalized spacial score (nSPS) is 41.2. The Balaban J connectivity index is 1.38. The van der Waals surface area contributed by atoms with Gasteiger partial charge in [-0.25, -0.2) is 5.14 Å². The number of hydrogen-bond donors (Lipinski definition) is 2. The first-order chi connectivity index (χ1) is 10.8. The van der Waals surface area contributed by atoms with Gasteiger partial charge in [-0.1, -0.05) is 0 Å². The molecular formula is C16H27N3O3S. The maximum Gasteiger partial charge on any atom is 0.276 e. The van der Waals surface area contributed by atoms with Gasteiger partial charge in [0.05, 0.1) is 0 Å². The summed E-state index contributed by atoms with van der Waals surface area (Å²) < 4.78 is 24.0. The largest absolute Gasteiger partial charge is 0.350 e. The Hall–Kier alpha value is -0.660. The van der Waals surface area contributed by atoms with Crippen molar-refractivity contribution in [2.45, 2.75) is 56.9 Å². The molecule has 0 unspecified atom stereocenters. The maximum absolute atomic E-state index is 12.7. The van der Waals surface area contributed by atoms with Gasteiger partial charge in [0, 0.05) is 24.5 Å². The van der Waals surface area contributed by atoms with Crippen LogP contribution in [0.5, 0.6) is 0 Å². The molecule has 1 amide bonds. The van der Waals surface area contributed by atoms with Crippen molar-refractivity contribution in [3.63, 3.8) is 0 Å². The second kappa shape index (κ2) is 5.43.